The van der Waals surface area contributed by atoms with Gasteiger partial charge in [0.05, 0.1) is 12.1 Å². The first-order valence-electron chi connectivity index (χ1n) is 5.12. The standard InChI is InChI=1S/C12H17F2NO.ClH/c1-12(2,3)11(16)10(15)7-5-4-6-8(13)9(7)14;/h4-6,10-11,16H,15H2,1-3H3;1H/t10-,11-;/m1./s1. The predicted molar refractivity (Wildman–Crippen MR) is 66.0 cm³/mol. The van der Waals surface area contributed by atoms with E-state index < -0.39 is 29.2 Å². The first-order valence-corrected chi connectivity index (χ1v) is 5.12. The number of aliphatic hydroxyl groups excluding tert-OH is 1. The molecule has 2 atom stereocenters. The first-order chi connectivity index (χ1) is 7.25. The van der Waals surface area contributed by atoms with E-state index in [4.69, 9.17) is 5.73 Å². The Morgan fingerprint density at radius 1 is 1.24 bits per heavy atom. The zero-order chi connectivity index (χ0) is 12.5. The van der Waals surface area contributed by atoms with Crippen LogP contribution in [0.25, 0.3) is 0 Å². The van der Waals surface area contributed by atoms with Crippen molar-refractivity contribution >= 4 is 12.4 Å². The van der Waals surface area contributed by atoms with Gasteiger partial charge in [0.2, 0.25) is 0 Å². The van der Waals surface area contributed by atoms with Gasteiger partial charge in [0, 0.05) is 5.56 Å². The van der Waals surface area contributed by atoms with Crippen LogP contribution in [0.4, 0.5) is 8.78 Å². The second-order valence-electron chi connectivity index (χ2n) is 4.98. The summed E-state index contributed by atoms with van der Waals surface area (Å²) in [6, 6.07) is 2.85. The van der Waals surface area contributed by atoms with Gasteiger partial charge >= 0.3 is 0 Å². The molecule has 1 aromatic rings. The number of halogens is 3. The molecule has 0 aliphatic heterocycles. The zero-order valence-corrected chi connectivity index (χ0v) is 10.9. The monoisotopic (exact) mass is 265 g/mol. The summed E-state index contributed by atoms with van der Waals surface area (Å²) in [7, 11) is 0. The second-order valence-corrected chi connectivity index (χ2v) is 4.98. The molecule has 0 heterocycles. The fourth-order valence-electron chi connectivity index (χ4n) is 1.49. The molecular weight excluding hydrogens is 248 g/mol. The van der Waals surface area contributed by atoms with Crippen molar-refractivity contribution in [1.82, 2.24) is 0 Å². The van der Waals surface area contributed by atoms with Crippen LogP contribution >= 0.6 is 12.4 Å². The molecule has 0 bridgehead atoms. The van der Waals surface area contributed by atoms with Gasteiger partial charge in [-0.2, -0.15) is 0 Å². The van der Waals surface area contributed by atoms with Crippen LogP contribution in [0.15, 0.2) is 18.2 Å². The van der Waals surface area contributed by atoms with Gasteiger partial charge in [-0.1, -0.05) is 32.9 Å². The summed E-state index contributed by atoms with van der Waals surface area (Å²) >= 11 is 0. The van der Waals surface area contributed by atoms with Crippen molar-refractivity contribution < 1.29 is 13.9 Å². The molecule has 3 N–H and O–H groups in total. The van der Waals surface area contributed by atoms with E-state index >= 15 is 0 Å². The maximum Gasteiger partial charge on any atom is 0.163 e. The summed E-state index contributed by atoms with van der Waals surface area (Å²) in [5.41, 5.74) is 5.25. The molecule has 0 unspecified atom stereocenters. The number of hydrogen-bond donors (Lipinski definition) is 2. The van der Waals surface area contributed by atoms with Gasteiger partial charge in [-0.05, 0) is 11.5 Å². The van der Waals surface area contributed by atoms with Gasteiger partial charge in [-0.15, -0.1) is 12.4 Å². The number of aliphatic hydroxyl groups is 1. The lowest BCUT2D eigenvalue weighted by Gasteiger charge is -2.31. The Morgan fingerprint density at radius 2 is 1.76 bits per heavy atom. The topological polar surface area (TPSA) is 46.2 Å². The second kappa shape index (κ2) is 5.76. The van der Waals surface area contributed by atoms with E-state index in [-0.39, 0.29) is 18.0 Å². The van der Waals surface area contributed by atoms with Gasteiger partial charge in [-0.3, -0.25) is 0 Å². The Kier molecular flexibility index (Phi) is 5.52. The smallest absolute Gasteiger partial charge is 0.163 e. The van der Waals surface area contributed by atoms with E-state index in [1.807, 2.05) is 0 Å². The van der Waals surface area contributed by atoms with Crippen molar-refractivity contribution in [2.75, 3.05) is 0 Å². The largest absolute Gasteiger partial charge is 0.391 e. The lowest BCUT2D eigenvalue weighted by atomic mass is 9.82. The van der Waals surface area contributed by atoms with Crippen molar-refractivity contribution in [3.8, 4) is 0 Å². The van der Waals surface area contributed by atoms with Gasteiger partial charge in [0.1, 0.15) is 0 Å². The minimum atomic E-state index is -0.988. The normalized spacial score (nSPS) is 15.0. The number of rotatable bonds is 2. The maximum atomic E-state index is 13.4. The van der Waals surface area contributed by atoms with Crippen LogP contribution < -0.4 is 5.73 Å². The average molecular weight is 266 g/mol. The van der Waals surface area contributed by atoms with Gasteiger partial charge < -0.3 is 10.8 Å². The van der Waals surface area contributed by atoms with Gasteiger partial charge in [0.15, 0.2) is 11.6 Å². The Balaban J connectivity index is 0.00000256. The van der Waals surface area contributed by atoms with Crippen molar-refractivity contribution in [2.24, 2.45) is 11.1 Å². The Bertz CT molecular complexity index is 379. The van der Waals surface area contributed by atoms with Crippen molar-refractivity contribution in [3.05, 3.63) is 35.4 Å². The molecule has 2 nitrogen and oxygen atoms in total. The highest BCUT2D eigenvalue weighted by Crippen LogP contribution is 2.30. The van der Waals surface area contributed by atoms with E-state index in [1.165, 1.54) is 12.1 Å². The van der Waals surface area contributed by atoms with E-state index in [0.717, 1.165) is 6.07 Å². The third-order valence-corrected chi connectivity index (χ3v) is 2.57. The van der Waals surface area contributed by atoms with Crippen LogP contribution in [0, 0.1) is 17.0 Å². The first kappa shape index (κ1) is 16.3. The van der Waals surface area contributed by atoms with E-state index in [9.17, 15) is 13.9 Å². The highest BCUT2D eigenvalue weighted by atomic mass is 35.5. The summed E-state index contributed by atoms with van der Waals surface area (Å²) in [6.45, 7) is 5.36. The molecule has 0 spiro atoms. The molecule has 0 aliphatic rings. The van der Waals surface area contributed by atoms with Crippen molar-refractivity contribution in [3.63, 3.8) is 0 Å². The molecule has 98 valence electrons. The minimum absolute atomic E-state index is 0. The third kappa shape index (κ3) is 3.63. The maximum absolute atomic E-state index is 13.4. The SMILES string of the molecule is CC(C)(C)[C@H](O)[C@H](N)c1cccc(F)c1F.Cl. The molecular formula is C12H18ClF2NO. The third-order valence-electron chi connectivity index (χ3n) is 2.57. The van der Waals surface area contributed by atoms with E-state index in [1.54, 1.807) is 20.8 Å². The minimum Gasteiger partial charge on any atom is -0.391 e. The highest BCUT2D eigenvalue weighted by Gasteiger charge is 2.31. The van der Waals surface area contributed by atoms with Gasteiger partial charge in [0.25, 0.3) is 0 Å². The molecule has 0 radical (unpaired) electrons. The van der Waals surface area contributed by atoms with Crippen LogP contribution in [-0.4, -0.2) is 11.2 Å². The average Bonchev–Trinajstić information content (AvgIpc) is 2.18. The lowest BCUT2D eigenvalue weighted by molar-refractivity contribution is 0.0390. The molecule has 5 heteroatoms. The molecule has 0 fully saturated rings. The quantitative estimate of drug-likeness (QED) is 0.864. The van der Waals surface area contributed by atoms with Crippen LogP contribution in [0.3, 0.4) is 0 Å². The molecule has 0 saturated carbocycles. The van der Waals surface area contributed by atoms with Crippen LogP contribution in [0.2, 0.25) is 0 Å². The van der Waals surface area contributed by atoms with Crippen LogP contribution in [0.5, 0.6) is 0 Å². The number of nitrogens with two attached hydrogens (primary N) is 1. The summed E-state index contributed by atoms with van der Waals surface area (Å²) in [4.78, 5) is 0. The molecule has 17 heavy (non-hydrogen) atoms. The number of benzene rings is 1. The lowest BCUT2D eigenvalue weighted by Crippen LogP contribution is -2.37. The van der Waals surface area contributed by atoms with Crippen molar-refractivity contribution in [1.29, 1.82) is 0 Å². The highest BCUT2D eigenvalue weighted by molar-refractivity contribution is 5.85. The number of hydrogen-bond acceptors (Lipinski definition) is 2. The summed E-state index contributed by atoms with van der Waals surface area (Å²) in [5, 5.41) is 9.91. The molecule has 0 aliphatic carbocycles. The van der Waals surface area contributed by atoms with Crippen LogP contribution in [0.1, 0.15) is 32.4 Å². The molecule has 1 rings (SSSR count). The predicted octanol–water partition coefficient (Wildman–Crippen LogP) is 2.79. The Morgan fingerprint density at radius 3 is 2.24 bits per heavy atom. The Hall–Kier alpha value is -0.710. The van der Waals surface area contributed by atoms with Gasteiger partial charge in [-0.25, -0.2) is 8.78 Å². The molecule has 0 aromatic heterocycles. The van der Waals surface area contributed by atoms with E-state index in [0.29, 0.717) is 0 Å². The summed E-state index contributed by atoms with van der Waals surface area (Å²) in [6.07, 6.45) is -0.941. The Labute approximate surface area is 106 Å². The fourth-order valence-corrected chi connectivity index (χ4v) is 1.49. The summed E-state index contributed by atoms with van der Waals surface area (Å²) in [5.74, 6) is -1.94. The fraction of sp³-hybridized carbons (Fsp3) is 0.500. The molecule has 0 amide bonds. The molecule has 0 saturated heterocycles. The zero-order valence-electron chi connectivity index (χ0n) is 10.1. The van der Waals surface area contributed by atoms with E-state index in [2.05, 4.69) is 0 Å². The van der Waals surface area contributed by atoms with Crippen LogP contribution in [-0.2, 0) is 0 Å². The molecule has 1 aromatic carbocycles. The summed E-state index contributed by atoms with van der Waals surface area (Å²) < 4.78 is 26.4. The van der Waals surface area contributed by atoms with Crippen molar-refractivity contribution in [2.45, 2.75) is 32.9 Å².